The van der Waals surface area contributed by atoms with Crippen LogP contribution in [0.15, 0.2) is 72.8 Å². The summed E-state index contributed by atoms with van der Waals surface area (Å²) in [6.45, 7) is 10.3. The summed E-state index contributed by atoms with van der Waals surface area (Å²) in [5.74, 6) is 2.88. The third-order valence-electron chi connectivity index (χ3n) is 6.11. The number of para-hydroxylation sites is 2. The van der Waals surface area contributed by atoms with Crippen molar-refractivity contribution in [2.75, 3.05) is 6.61 Å². The number of ether oxygens (including phenoxy) is 1. The van der Waals surface area contributed by atoms with Gasteiger partial charge >= 0.3 is 0 Å². The maximum atomic E-state index is 6.07. The Morgan fingerprint density at radius 1 is 0.844 bits per heavy atom. The fourth-order valence-electron chi connectivity index (χ4n) is 4.30. The minimum Gasteiger partial charge on any atom is -0.492 e. The van der Waals surface area contributed by atoms with Crippen LogP contribution in [0.25, 0.3) is 11.0 Å². The molecule has 0 aliphatic heterocycles. The van der Waals surface area contributed by atoms with Crippen LogP contribution in [0, 0.1) is 5.92 Å². The first kappa shape index (κ1) is 22.1. The Labute approximate surface area is 192 Å². The number of fused-ring (bicyclic) bond motifs is 1. The summed E-state index contributed by atoms with van der Waals surface area (Å²) in [7, 11) is 0. The maximum absolute atomic E-state index is 6.07. The lowest BCUT2D eigenvalue weighted by molar-refractivity contribution is 0.298. The molecule has 4 rings (SSSR count). The molecule has 0 saturated heterocycles. The summed E-state index contributed by atoms with van der Waals surface area (Å²) in [6.07, 6.45) is 2.16. The zero-order valence-electron chi connectivity index (χ0n) is 19.7. The fourth-order valence-corrected chi connectivity index (χ4v) is 4.30. The van der Waals surface area contributed by atoms with E-state index in [9.17, 15) is 0 Å². The molecule has 0 aliphatic rings. The van der Waals surface area contributed by atoms with Gasteiger partial charge in [-0.15, -0.1) is 0 Å². The molecule has 32 heavy (non-hydrogen) atoms. The lowest BCUT2D eigenvalue weighted by atomic mass is 9.96. The van der Waals surface area contributed by atoms with Gasteiger partial charge in [0.25, 0.3) is 0 Å². The Bertz CT molecular complexity index is 1140. The van der Waals surface area contributed by atoms with Gasteiger partial charge in [-0.05, 0) is 59.7 Å². The molecule has 1 aromatic heterocycles. The number of hydrogen-bond donors (Lipinski definition) is 0. The molecule has 166 valence electrons. The van der Waals surface area contributed by atoms with Crippen LogP contribution < -0.4 is 4.74 Å². The Hall–Kier alpha value is -3.07. The molecule has 0 aliphatic carbocycles. The van der Waals surface area contributed by atoms with Gasteiger partial charge in [0.1, 0.15) is 18.2 Å². The molecule has 0 saturated carbocycles. The van der Waals surface area contributed by atoms with E-state index in [1.165, 1.54) is 16.7 Å². The molecule has 0 spiro atoms. The highest BCUT2D eigenvalue weighted by atomic mass is 16.5. The van der Waals surface area contributed by atoms with Crippen LogP contribution in [0.4, 0.5) is 0 Å². The lowest BCUT2D eigenvalue weighted by Gasteiger charge is -2.16. The van der Waals surface area contributed by atoms with Crippen molar-refractivity contribution < 1.29 is 4.74 Å². The SMILES string of the molecule is CCc1ccc(OCCn2c(C(C)c3ccc(CC(C)C)cc3)nc3ccccc32)cc1. The number of benzene rings is 3. The standard InChI is InChI=1S/C29H34N2O/c1-5-23-12-16-26(17-13-23)32-19-18-31-28-9-7-6-8-27(28)30-29(31)22(4)25-14-10-24(11-15-25)20-21(2)3/h6-17,21-22H,5,18-20H2,1-4H3. The van der Waals surface area contributed by atoms with Crippen molar-refractivity contribution in [1.82, 2.24) is 9.55 Å². The van der Waals surface area contributed by atoms with Crippen LogP contribution >= 0.6 is 0 Å². The predicted molar refractivity (Wildman–Crippen MR) is 134 cm³/mol. The Morgan fingerprint density at radius 2 is 1.53 bits per heavy atom. The van der Waals surface area contributed by atoms with Crippen molar-refractivity contribution in [2.24, 2.45) is 5.92 Å². The zero-order chi connectivity index (χ0) is 22.5. The van der Waals surface area contributed by atoms with Crippen molar-refractivity contribution >= 4 is 11.0 Å². The quantitative estimate of drug-likeness (QED) is 0.287. The highest BCUT2D eigenvalue weighted by Crippen LogP contribution is 2.28. The molecule has 1 atom stereocenters. The second-order valence-electron chi connectivity index (χ2n) is 9.02. The number of aryl methyl sites for hydroxylation is 1. The van der Waals surface area contributed by atoms with Gasteiger partial charge in [-0.25, -0.2) is 4.98 Å². The second kappa shape index (κ2) is 10.0. The highest BCUT2D eigenvalue weighted by molar-refractivity contribution is 5.76. The summed E-state index contributed by atoms with van der Waals surface area (Å²) in [6, 6.07) is 25.8. The van der Waals surface area contributed by atoms with Crippen LogP contribution in [-0.2, 0) is 19.4 Å². The molecule has 1 unspecified atom stereocenters. The van der Waals surface area contributed by atoms with Crippen LogP contribution in [-0.4, -0.2) is 16.2 Å². The first-order valence-corrected chi connectivity index (χ1v) is 11.8. The molecule has 3 aromatic carbocycles. The minimum atomic E-state index is 0.208. The molecule has 3 nitrogen and oxygen atoms in total. The first-order chi connectivity index (χ1) is 15.5. The van der Waals surface area contributed by atoms with E-state index >= 15 is 0 Å². The van der Waals surface area contributed by atoms with E-state index in [0.29, 0.717) is 12.5 Å². The fraction of sp³-hybridized carbons (Fsp3) is 0.345. The van der Waals surface area contributed by atoms with Crippen LogP contribution in [0.5, 0.6) is 5.75 Å². The molecule has 0 fully saturated rings. The Kier molecular flexibility index (Phi) is 6.94. The van der Waals surface area contributed by atoms with Crippen molar-refractivity contribution in [3.8, 4) is 5.75 Å². The van der Waals surface area contributed by atoms with Gasteiger partial charge < -0.3 is 9.30 Å². The lowest BCUT2D eigenvalue weighted by Crippen LogP contribution is -2.13. The summed E-state index contributed by atoms with van der Waals surface area (Å²) in [5.41, 5.74) is 6.22. The van der Waals surface area contributed by atoms with Crippen molar-refractivity contribution in [1.29, 1.82) is 0 Å². The molecule has 3 heteroatoms. The average molecular weight is 427 g/mol. The zero-order valence-corrected chi connectivity index (χ0v) is 19.7. The summed E-state index contributed by atoms with van der Waals surface area (Å²) < 4.78 is 8.39. The van der Waals surface area contributed by atoms with Gasteiger partial charge in [0, 0.05) is 5.92 Å². The van der Waals surface area contributed by atoms with Gasteiger partial charge in [0.05, 0.1) is 17.6 Å². The molecule has 0 radical (unpaired) electrons. The van der Waals surface area contributed by atoms with Crippen molar-refractivity contribution in [2.45, 2.75) is 53.0 Å². The van der Waals surface area contributed by atoms with Crippen LogP contribution in [0.2, 0.25) is 0 Å². The first-order valence-electron chi connectivity index (χ1n) is 11.8. The average Bonchev–Trinajstić information content (AvgIpc) is 3.18. The monoisotopic (exact) mass is 426 g/mol. The minimum absolute atomic E-state index is 0.208. The molecule has 4 aromatic rings. The van der Waals surface area contributed by atoms with E-state index in [0.717, 1.165) is 42.0 Å². The molecular formula is C29H34N2O. The number of rotatable bonds is 9. The topological polar surface area (TPSA) is 27.1 Å². The van der Waals surface area contributed by atoms with Gasteiger partial charge in [-0.3, -0.25) is 0 Å². The molecule has 0 amide bonds. The van der Waals surface area contributed by atoms with Gasteiger partial charge in [0.15, 0.2) is 0 Å². The van der Waals surface area contributed by atoms with E-state index in [1.807, 2.05) is 0 Å². The molecule has 1 heterocycles. The van der Waals surface area contributed by atoms with E-state index in [-0.39, 0.29) is 5.92 Å². The van der Waals surface area contributed by atoms with Crippen LogP contribution in [0.3, 0.4) is 0 Å². The third kappa shape index (κ3) is 5.04. The van der Waals surface area contributed by atoms with E-state index in [1.54, 1.807) is 0 Å². The van der Waals surface area contributed by atoms with Crippen LogP contribution in [0.1, 0.15) is 56.1 Å². The van der Waals surface area contributed by atoms with E-state index in [4.69, 9.17) is 9.72 Å². The molecule has 0 N–H and O–H groups in total. The maximum Gasteiger partial charge on any atom is 0.119 e. The summed E-state index contributed by atoms with van der Waals surface area (Å²) in [4.78, 5) is 5.02. The normalized spacial score (nSPS) is 12.4. The largest absolute Gasteiger partial charge is 0.492 e. The summed E-state index contributed by atoms with van der Waals surface area (Å²) in [5, 5.41) is 0. The number of hydrogen-bond acceptors (Lipinski definition) is 2. The Balaban J connectivity index is 1.55. The Morgan fingerprint density at radius 3 is 2.22 bits per heavy atom. The number of imidazole rings is 1. The van der Waals surface area contributed by atoms with Gasteiger partial charge in [0.2, 0.25) is 0 Å². The third-order valence-corrected chi connectivity index (χ3v) is 6.11. The molecule has 0 bridgehead atoms. The van der Waals surface area contributed by atoms with E-state index < -0.39 is 0 Å². The number of aromatic nitrogens is 2. The second-order valence-corrected chi connectivity index (χ2v) is 9.02. The van der Waals surface area contributed by atoms with Gasteiger partial charge in [-0.1, -0.05) is 76.2 Å². The number of nitrogens with zero attached hydrogens (tertiary/aromatic N) is 2. The van der Waals surface area contributed by atoms with Crippen molar-refractivity contribution in [3.05, 3.63) is 95.3 Å². The van der Waals surface area contributed by atoms with Gasteiger partial charge in [-0.2, -0.15) is 0 Å². The predicted octanol–water partition coefficient (Wildman–Crippen LogP) is 7.03. The summed E-state index contributed by atoms with van der Waals surface area (Å²) >= 11 is 0. The molecular weight excluding hydrogens is 392 g/mol. The van der Waals surface area contributed by atoms with Crippen molar-refractivity contribution in [3.63, 3.8) is 0 Å². The highest BCUT2D eigenvalue weighted by Gasteiger charge is 2.18. The van der Waals surface area contributed by atoms with E-state index in [2.05, 4.69) is 105 Å². The smallest absolute Gasteiger partial charge is 0.119 e.